The zero-order valence-electron chi connectivity index (χ0n) is 14.1. The number of aryl methyl sites for hydroxylation is 1. The molecule has 1 aromatic heterocycles. The van der Waals surface area contributed by atoms with Crippen LogP contribution in [0.3, 0.4) is 0 Å². The SMILES string of the molecule is Cc1c(O)ccc2c(CN(C)[C@H](C)c3ccccc3)cc(=O)oc12. The predicted molar refractivity (Wildman–Crippen MR) is 95.2 cm³/mol. The first-order chi connectivity index (χ1) is 11.5. The summed E-state index contributed by atoms with van der Waals surface area (Å²) in [5.74, 6) is 0.133. The lowest BCUT2D eigenvalue weighted by molar-refractivity contribution is 0.253. The van der Waals surface area contributed by atoms with Gasteiger partial charge >= 0.3 is 5.63 Å². The third-order valence-electron chi connectivity index (χ3n) is 4.58. The minimum Gasteiger partial charge on any atom is -0.508 e. The minimum atomic E-state index is -0.396. The lowest BCUT2D eigenvalue weighted by atomic mass is 10.0. The zero-order chi connectivity index (χ0) is 17.3. The van der Waals surface area contributed by atoms with Gasteiger partial charge in [0.05, 0.1) is 0 Å². The second-order valence-electron chi connectivity index (χ2n) is 6.18. The van der Waals surface area contributed by atoms with Crippen LogP contribution in [-0.2, 0) is 6.54 Å². The summed E-state index contributed by atoms with van der Waals surface area (Å²) < 4.78 is 5.31. The Hall–Kier alpha value is -2.59. The number of aromatic hydroxyl groups is 1. The summed E-state index contributed by atoms with van der Waals surface area (Å²) in [6.07, 6.45) is 0. The van der Waals surface area contributed by atoms with Gasteiger partial charge in [0.25, 0.3) is 0 Å². The molecule has 1 atom stereocenters. The highest BCUT2D eigenvalue weighted by Gasteiger charge is 2.16. The molecule has 0 fully saturated rings. The lowest BCUT2D eigenvalue weighted by Gasteiger charge is -2.25. The largest absolute Gasteiger partial charge is 0.508 e. The quantitative estimate of drug-likeness (QED) is 0.737. The molecule has 0 aliphatic carbocycles. The first kappa shape index (κ1) is 16.3. The molecule has 4 nitrogen and oxygen atoms in total. The van der Waals surface area contributed by atoms with Crippen LogP contribution in [-0.4, -0.2) is 17.1 Å². The maximum absolute atomic E-state index is 11.9. The number of benzene rings is 2. The van der Waals surface area contributed by atoms with Crippen LogP contribution >= 0.6 is 0 Å². The van der Waals surface area contributed by atoms with Crippen molar-refractivity contribution in [3.8, 4) is 5.75 Å². The summed E-state index contributed by atoms with van der Waals surface area (Å²) in [5.41, 5.74) is 2.77. The Kier molecular flexibility index (Phi) is 4.40. The first-order valence-electron chi connectivity index (χ1n) is 7.98. The van der Waals surface area contributed by atoms with Gasteiger partial charge in [-0.3, -0.25) is 4.90 Å². The Morgan fingerprint density at radius 1 is 1.17 bits per heavy atom. The van der Waals surface area contributed by atoms with Gasteiger partial charge in [-0.2, -0.15) is 0 Å². The summed E-state index contributed by atoms with van der Waals surface area (Å²) in [5, 5.41) is 10.7. The second-order valence-corrected chi connectivity index (χ2v) is 6.18. The summed E-state index contributed by atoms with van der Waals surface area (Å²) in [4.78, 5) is 14.1. The van der Waals surface area contributed by atoms with E-state index in [1.54, 1.807) is 19.1 Å². The molecular formula is C20H21NO3. The van der Waals surface area contributed by atoms with Crippen LogP contribution in [0, 0.1) is 6.92 Å². The Bertz CT molecular complexity index is 915. The molecule has 0 aliphatic heterocycles. The molecule has 3 rings (SSSR count). The van der Waals surface area contributed by atoms with Crippen molar-refractivity contribution in [3.63, 3.8) is 0 Å². The number of hydrogen-bond donors (Lipinski definition) is 1. The zero-order valence-corrected chi connectivity index (χ0v) is 14.1. The minimum absolute atomic E-state index is 0.133. The average molecular weight is 323 g/mol. The van der Waals surface area contributed by atoms with E-state index in [0.717, 1.165) is 10.9 Å². The van der Waals surface area contributed by atoms with E-state index in [0.29, 0.717) is 17.7 Å². The lowest BCUT2D eigenvalue weighted by Crippen LogP contribution is -2.22. The molecular weight excluding hydrogens is 302 g/mol. The molecule has 0 bridgehead atoms. The van der Waals surface area contributed by atoms with Gasteiger partial charge in [0.2, 0.25) is 0 Å². The van der Waals surface area contributed by atoms with Crippen LogP contribution < -0.4 is 5.63 Å². The standard InChI is InChI=1S/C20H21NO3/c1-13-18(22)10-9-17-16(11-19(23)24-20(13)17)12-21(3)14(2)15-7-5-4-6-8-15/h4-11,14,22H,12H2,1-3H3/t14-/m1/s1. The fourth-order valence-corrected chi connectivity index (χ4v) is 2.94. The number of nitrogens with zero attached hydrogens (tertiary/aromatic N) is 1. The second kappa shape index (κ2) is 6.49. The van der Waals surface area contributed by atoms with Crippen molar-refractivity contribution in [2.75, 3.05) is 7.05 Å². The Balaban J connectivity index is 1.98. The maximum Gasteiger partial charge on any atom is 0.336 e. The highest BCUT2D eigenvalue weighted by molar-refractivity contribution is 5.84. The molecule has 2 aromatic carbocycles. The van der Waals surface area contributed by atoms with Crippen molar-refractivity contribution in [2.45, 2.75) is 26.4 Å². The molecule has 1 N–H and O–H groups in total. The van der Waals surface area contributed by atoms with Crippen LogP contribution in [0.25, 0.3) is 11.0 Å². The van der Waals surface area contributed by atoms with Gasteiger partial charge in [-0.15, -0.1) is 0 Å². The molecule has 0 saturated heterocycles. The summed E-state index contributed by atoms with van der Waals surface area (Å²) in [6.45, 7) is 4.50. The molecule has 0 saturated carbocycles. The molecule has 0 spiro atoms. The summed E-state index contributed by atoms with van der Waals surface area (Å²) in [6, 6.07) is 15.4. The van der Waals surface area contributed by atoms with Crippen LogP contribution in [0.5, 0.6) is 5.75 Å². The Morgan fingerprint density at radius 2 is 1.88 bits per heavy atom. The number of hydrogen-bond acceptors (Lipinski definition) is 4. The van der Waals surface area contributed by atoms with E-state index in [1.165, 1.54) is 11.6 Å². The van der Waals surface area contributed by atoms with Gasteiger partial charge < -0.3 is 9.52 Å². The summed E-state index contributed by atoms with van der Waals surface area (Å²) >= 11 is 0. The van der Waals surface area contributed by atoms with E-state index in [2.05, 4.69) is 24.0 Å². The van der Waals surface area contributed by atoms with Crippen molar-refractivity contribution in [3.05, 3.63) is 75.6 Å². The highest BCUT2D eigenvalue weighted by Crippen LogP contribution is 2.29. The fourth-order valence-electron chi connectivity index (χ4n) is 2.94. The Morgan fingerprint density at radius 3 is 2.58 bits per heavy atom. The van der Waals surface area contributed by atoms with Gasteiger partial charge in [0.1, 0.15) is 11.3 Å². The molecule has 4 heteroatoms. The summed E-state index contributed by atoms with van der Waals surface area (Å²) in [7, 11) is 2.03. The number of rotatable bonds is 4. The van der Waals surface area contributed by atoms with Gasteiger partial charge in [-0.1, -0.05) is 30.3 Å². The van der Waals surface area contributed by atoms with E-state index in [-0.39, 0.29) is 11.8 Å². The van der Waals surface area contributed by atoms with Crippen LogP contribution in [0.4, 0.5) is 0 Å². The van der Waals surface area contributed by atoms with Crippen LogP contribution in [0.2, 0.25) is 0 Å². The van der Waals surface area contributed by atoms with E-state index in [4.69, 9.17) is 4.42 Å². The fraction of sp³-hybridized carbons (Fsp3) is 0.250. The van der Waals surface area contributed by atoms with Crippen molar-refractivity contribution >= 4 is 11.0 Å². The molecule has 0 amide bonds. The van der Waals surface area contributed by atoms with E-state index in [1.807, 2.05) is 25.2 Å². The molecule has 0 unspecified atom stereocenters. The highest BCUT2D eigenvalue weighted by atomic mass is 16.4. The molecule has 3 aromatic rings. The Labute approximate surface area is 141 Å². The van der Waals surface area contributed by atoms with E-state index < -0.39 is 5.63 Å². The van der Waals surface area contributed by atoms with E-state index >= 15 is 0 Å². The number of phenols is 1. The van der Waals surface area contributed by atoms with Gasteiger partial charge in [0.15, 0.2) is 0 Å². The van der Waals surface area contributed by atoms with Crippen LogP contribution in [0.15, 0.2) is 57.7 Å². The molecule has 1 heterocycles. The van der Waals surface area contributed by atoms with Crippen molar-refractivity contribution in [1.29, 1.82) is 0 Å². The molecule has 124 valence electrons. The number of fused-ring (bicyclic) bond motifs is 1. The third-order valence-corrected chi connectivity index (χ3v) is 4.58. The normalized spacial score (nSPS) is 12.7. The number of phenolic OH excluding ortho intramolecular Hbond substituents is 1. The smallest absolute Gasteiger partial charge is 0.336 e. The van der Waals surface area contributed by atoms with E-state index in [9.17, 15) is 9.90 Å². The van der Waals surface area contributed by atoms with Gasteiger partial charge in [-0.25, -0.2) is 4.79 Å². The molecule has 0 aliphatic rings. The predicted octanol–water partition coefficient (Wildman–Crippen LogP) is 4.00. The molecule has 24 heavy (non-hydrogen) atoms. The molecule has 0 radical (unpaired) electrons. The first-order valence-corrected chi connectivity index (χ1v) is 7.98. The maximum atomic E-state index is 11.9. The topological polar surface area (TPSA) is 53.7 Å². The van der Waals surface area contributed by atoms with Gasteiger partial charge in [0, 0.05) is 29.6 Å². The third kappa shape index (κ3) is 3.05. The average Bonchev–Trinajstić information content (AvgIpc) is 2.58. The van der Waals surface area contributed by atoms with Crippen molar-refractivity contribution in [2.24, 2.45) is 0 Å². The van der Waals surface area contributed by atoms with Crippen molar-refractivity contribution in [1.82, 2.24) is 4.90 Å². The van der Waals surface area contributed by atoms with Gasteiger partial charge in [-0.05, 0) is 44.2 Å². The monoisotopic (exact) mass is 323 g/mol. The van der Waals surface area contributed by atoms with Crippen molar-refractivity contribution < 1.29 is 9.52 Å². The van der Waals surface area contributed by atoms with Crippen LogP contribution in [0.1, 0.15) is 29.7 Å².